The van der Waals surface area contributed by atoms with E-state index in [-0.39, 0.29) is 5.91 Å². The van der Waals surface area contributed by atoms with Crippen LogP contribution in [-0.4, -0.2) is 46.4 Å². The molecule has 1 amide bonds. The first kappa shape index (κ1) is 15.0. The van der Waals surface area contributed by atoms with Crippen LogP contribution in [0.4, 0.5) is 0 Å². The van der Waals surface area contributed by atoms with Crippen LogP contribution < -0.4 is 0 Å². The number of hydrogen-bond acceptors (Lipinski definition) is 4. The van der Waals surface area contributed by atoms with E-state index in [2.05, 4.69) is 6.07 Å². The maximum absolute atomic E-state index is 12.7. The Morgan fingerprint density at radius 3 is 2.50 bits per heavy atom. The molecule has 1 aromatic rings. The number of amides is 1. The summed E-state index contributed by atoms with van der Waals surface area (Å²) >= 11 is 0. The number of rotatable bonds is 2. The van der Waals surface area contributed by atoms with E-state index in [4.69, 9.17) is 9.47 Å². The molecule has 2 aliphatic rings. The van der Waals surface area contributed by atoms with Crippen molar-refractivity contribution in [1.82, 2.24) is 4.90 Å². The van der Waals surface area contributed by atoms with E-state index < -0.39 is 24.0 Å². The summed E-state index contributed by atoms with van der Waals surface area (Å²) in [5, 5.41) is 9.25. The number of carboxylic acids is 1. The van der Waals surface area contributed by atoms with Gasteiger partial charge in [-0.3, -0.25) is 4.79 Å². The Morgan fingerprint density at radius 2 is 1.82 bits per heavy atom. The molecule has 0 unspecified atom stereocenters. The summed E-state index contributed by atoms with van der Waals surface area (Å²) in [6.45, 7) is 4.26. The molecule has 6 nitrogen and oxygen atoms in total. The monoisotopic (exact) mass is 305 g/mol. The van der Waals surface area contributed by atoms with Crippen LogP contribution >= 0.6 is 0 Å². The van der Waals surface area contributed by atoms with Crippen LogP contribution in [0.2, 0.25) is 0 Å². The summed E-state index contributed by atoms with van der Waals surface area (Å²) in [6, 6.07) is 7.95. The van der Waals surface area contributed by atoms with Gasteiger partial charge in [-0.1, -0.05) is 24.3 Å². The van der Waals surface area contributed by atoms with Gasteiger partial charge in [0.1, 0.15) is 0 Å². The second kappa shape index (κ2) is 5.37. The van der Waals surface area contributed by atoms with Gasteiger partial charge in [-0.05, 0) is 31.4 Å². The first-order valence-electron chi connectivity index (χ1n) is 7.31. The Kier molecular flexibility index (Phi) is 3.66. The average molecular weight is 305 g/mol. The fourth-order valence-electron chi connectivity index (χ4n) is 2.99. The summed E-state index contributed by atoms with van der Waals surface area (Å²) in [5.41, 5.74) is 2.32. The molecule has 118 valence electrons. The molecule has 2 aliphatic heterocycles. The molecule has 0 radical (unpaired) electrons. The molecule has 0 spiro atoms. The SMILES string of the molecule is CC1(C)O[C@H](C(=O)O)[C@@H](C(=O)N2CCc3ccccc3C2)O1. The molecule has 0 aromatic heterocycles. The molecule has 1 saturated heterocycles. The van der Waals surface area contributed by atoms with E-state index in [9.17, 15) is 14.7 Å². The first-order valence-corrected chi connectivity index (χ1v) is 7.31. The maximum atomic E-state index is 12.7. The van der Waals surface area contributed by atoms with Gasteiger partial charge in [0.2, 0.25) is 0 Å². The molecular formula is C16H19NO5. The number of ether oxygens (including phenoxy) is 2. The lowest BCUT2D eigenvalue weighted by Gasteiger charge is -2.31. The highest BCUT2D eigenvalue weighted by atomic mass is 16.8. The molecule has 0 saturated carbocycles. The summed E-state index contributed by atoms with van der Waals surface area (Å²) < 4.78 is 10.9. The Morgan fingerprint density at radius 1 is 1.18 bits per heavy atom. The number of hydrogen-bond donors (Lipinski definition) is 1. The number of carbonyl (C=O) groups excluding carboxylic acids is 1. The number of carboxylic acid groups (broad SMARTS) is 1. The molecule has 3 rings (SSSR count). The van der Waals surface area contributed by atoms with Crippen molar-refractivity contribution in [3.05, 3.63) is 35.4 Å². The fourth-order valence-corrected chi connectivity index (χ4v) is 2.99. The van der Waals surface area contributed by atoms with Crippen LogP contribution in [0.5, 0.6) is 0 Å². The number of aliphatic carboxylic acids is 1. The minimum atomic E-state index is -1.26. The largest absolute Gasteiger partial charge is 0.479 e. The van der Waals surface area contributed by atoms with E-state index >= 15 is 0 Å². The van der Waals surface area contributed by atoms with Crippen LogP contribution in [0, 0.1) is 0 Å². The third-order valence-corrected chi connectivity index (χ3v) is 4.03. The van der Waals surface area contributed by atoms with Crippen molar-refractivity contribution in [1.29, 1.82) is 0 Å². The standard InChI is InChI=1S/C16H19NO5/c1-16(2)21-12(13(22-16)15(19)20)14(18)17-8-7-10-5-3-4-6-11(10)9-17/h3-6,12-13H,7-9H2,1-2H3,(H,19,20)/t12-,13-/m0/s1. The van der Waals surface area contributed by atoms with Gasteiger partial charge in [-0.25, -0.2) is 4.79 Å². The number of carbonyl (C=O) groups is 2. The van der Waals surface area contributed by atoms with E-state index in [1.54, 1.807) is 18.7 Å². The van der Waals surface area contributed by atoms with Crippen molar-refractivity contribution in [3.63, 3.8) is 0 Å². The van der Waals surface area contributed by atoms with Crippen molar-refractivity contribution in [2.24, 2.45) is 0 Å². The van der Waals surface area contributed by atoms with Gasteiger partial charge in [-0.15, -0.1) is 0 Å². The number of nitrogens with zero attached hydrogens (tertiary/aromatic N) is 1. The lowest BCUT2D eigenvalue weighted by Crippen LogP contribution is -2.47. The predicted octanol–water partition coefficient (Wildman–Crippen LogP) is 1.18. The minimum Gasteiger partial charge on any atom is -0.479 e. The second-order valence-electron chi connectivity index (χ2n) is 6.09. The molecule has 0 bridgehead atoms. The highest BCUT2D eigenvalue weighted by Crippen LogP contribution is 2.30. The van der Waals surface area contributed by atoms with Gasteiger partial charge in [0, 0.05) is 13.1 Å². The van der Waals surface area contributed by atoms with Gasteiger partial charge in [0.05, 0.1) is 0 Å². The van der Waals surface area contributed by atoms with E-state index in [0.29, 0.717) is 13.1 Å². The van der Waals surface area contributed by atoms with Crippen molar-refractivity contribution >= 4 is 11.9 Å². The molecule has 2 heterocycles. The van der Waals surface area contributed by atoms with Crippen LogP contribution in [0.1, 0.15) is 25.0 Å². The Hall–Kier alpha value is -1.92. The molecule has 2 atom stereocenters. The molecule has 1 N–H and O–H groups in total. The highest BCUT2D eigenvalue weighted by Gasteiger charge is 2.50. The topological polar surface area (TPSA) is 76.1 Å². The smallest absolute Gasteiger partial charge is 0.336 e. The van der Waals surface area contributed by atoms with Crippen molar-refractivity contribution in [3.8, 4) is 0 Å². The average Bonchev–Trinajstić information content (AvgIpc) is 2.82. The molecular weight excluding hydrogens is 286 g/mol. The lowest BCUT2D eigenvalue weighted by atomic mass is 9.99. The Bertz CT molecular complexity index is 612. The summed E-state index contributed by atoms with van der Waals surface area (Å²) in [5.74, 6) is -2.58. The zero-order valence-electron chi connectivity index (χ0n) is 12.6. The highest BCUT2D eigenvalue weighted by molar-refractivity contribution is 5.88. The van der Waals surface area contributed by atoms with E-state index in [1.807, 2.05) is 18.2 Å². The van der Waals surface area contributed by atoms with Gasteiger partial charge in [-0.2, -0.15) is 0 Å². The van der Waals surface area contributed by atoms with Crippen molar-refractivity contribution in [2.75, 3.05) is 6.54 Å². The molecule has 22 heavy (non-hydrogen) atoms. The van der Waals surface area contributed by atoms with E-state index in [1.165, 1.54) is 5.56 Å². The fraction of sp³-hybridized carbons (Fsp3) is 0.500. The molecule has 1 aromatic carbocycles. The summed E-state index contributed by atoms with van der Waals surface area (Å²) in [7, 11) is 0. The number of benzene rings is 1. The molecule has 1 fully saturated rings. The summed E-state index contributed by atoms with van der Waals surface area (Å²) in [4.78, 5) is 25.6. The molecule has 6 heteroatoms. The van der Waals surface area contributed by atoms with Gasteiger partial charge < -0.3 is 19.5 Å². The Balaban J connectivity index is 1.78. The van der Waals surface area contributed by atoms with Crippen LogP contribution in [0.3, 0.4) is 0 Å². The maximum Gasteiger partial charge on any atom is 0.336 e. The first-order chi connectivity index (χ1) is 10.4. The van der Waals surface area contributed by atoms with Gasteiger partial charge in [0.15, 0.2) is 18.0 Å². The second-order valence-corrected chi connectivity index (χ2v) is 6.09. The zero-order chi connectivity index (χ0) is 15.9. The number of fused-ring (bicyclic) bond motifs is 1. The van der Waals surface area contributed by atoms with Crippen LogP contribution in [0.15, 0.2) is 24.3 Å². The van der Waals surface area contributed by atoms with Crippen molar-refractivity contribution < 1.29 is 24.2 Å². The van der Waals surface area contributed by atoms with Crippen LogP contribution in [0.25, 0.3) is 0 Å². The van der Waals surface area contributed by atoms with E-state index in [0.717, 1.165) is 12.0 Å². The molecule has 0 aliphatic carbocycles. The lowest BCUT2D eigenvalue weighted by molar-refractivity contribution is -0.167. The normalized spacial score (nSPS) is 26.5. The van der Waals surface area contributed by atoms with Gasteiger partial charge in [0.25, 0.3) is 5.91 Å². The third kappa shape index (κ3) is 2.71. The third-order valence-electron chi connectivity index (χ3n) is 4.03. The van der Waals surface area contributed by atoms with Crippen LogP contribution in [-0.2, 0) is 32.0 Å². The Labute approximate surface area is 128 Å². The summed E-state index contributed by atoms with van der Waals surface area (Å²) in [6.07, 6.45) is -1.60. The predicted molar refractivity (Wildman–Crippen MR) is 77.0 cm³/mol. The van der Waals surface area contributed by atoms with Gasteiger partial charge >= 0.3 is 5.97 Å². The van der Waals surface area contributed by atoms with Crippen molar-refractivity contribution in [2.45, 2.75) is 44.8 Å². The minimum absolute atomic E-state index is 0.326. The zero-order valence-corrected chi connectivity index (χ0v) is 12.6. The quantitative estimate of drug-likeness (QED) is 0.888.